The number of hydrogen-bond donors (Lipinski definition) is 3. The van der Waals surface area contributed by atoms with Crippen LogP contribution in [0.2, 0.25) is 0 Å². The summed E-state index contributed by atoms with van der Waals surface area (Å²) in [6, 6.07) is -0.758. The van der Waals surface area contributed by atoms with Crippen molar-refractivity contribution in [2.45, 2.75) is 0 Å². The van der Waals surface area contributed by atoms with Gasteiger partial charge in [0.25, 0.3) is 5.24 Å². The van der Waals surface area contributed by atoms with Crippen LogP contribution in [-0.4, -0.2) is 11.3 Å². The second-order valence-corrected chi connectivity index (χ2v) is 2.05. The Morgan fingerprint density at radius 1 is 1.60 bits per heavy atom. The lowest BCUT2D eigenvalue weighted by Crippen LogP contribution is -2.32. The Balaban J connectivity index is 3.47. The summed E-state index contributed by atoms with van der Waals surface area (Å²) >= 11 is 3.77. The molecule has 0 spiro atoms. The zero-order valence-corrected chi connectivity index (χ0v) is 6.33. The summed E-state index contributed by atoms with van der Waals surface area (Å²) in [6.07, 6.45) is 0. The van der Waals surface area contributed by atoms with Crippen LogP contribution < -0.4 is 10.0 Å². The molecule has 0 saturated carbocycles. The van der Waals surface area contributed by atoms with Crippen molar-refractivity contribution in [3.63, 3.8) is 0 Å². The molecule has 0 bridgehead atoms. The molecule has 0 heterocycles. The van der Waals surface area contributed by atoms with Gasteiger partial charge in [-0.3, -0.25) is 14.8 Å². The number of imide groups is 1. The molecule has 0 aliphatic carbocycles. The van der Waals surface area contributed by atoms with Crippen LogP contribution in [0, 0.1) is 10.7 Å². The van der Waals surface area contributed by atoms with Gasteiger partial charge in [-0.2, -0.15) is 5.26 Å². The van der Waals surface area contributed by atoms with Crippen LogP contribution in [0.3, 0.4) is 0 Å². The molecule has 5 nitrogen and oxygen atoms in total. The van der Waals surface area contributed by atoms with Gasteiger partial charge < -0.3 is 0 Å². The topological polar surface area (TPSA) is 82.0 Å². The Morgan fingerprint density at radius 2 is 2.20 bits per heavy atom. The summed E-state index contributed by atoms with van der Waals surface area (Å²) in [6.45, 7) is 0. The largest absolute Gasteiger partial charge is 0.332 e. The lowest BCUT2D eigenvalue weighted by Gasteiger charge is -1.96. The first-order chi connectivity index (χ1) is 4.66. The molecule has 0 aliphatic heterocycles. The average Bonchev–Trinajstić information content (AvgIpc) is 1.82. The fourth-order valence-electron chi connectivity index (χ4n) is 0.192. The molecule has 0 aromatic heterocycles. The van der Waals surface area contributed by atoms with Gasteiger partial charge in [-0.1, -0.05) is 12.6 Å². The van der Waals surface area contributed by atoms with E-state index in [0.717, 1.165) is 0 Å². The van der Waals surface area contributed by atoms with Crippen molar-refractivity contribution in [3.05, 3.63) is 0 Å². The molecule has 0 unspecified atom stereocenters. The average molecular weight is 177 g/mol. The zero-order valence-electron chi connectivity index (χ0n) is 4.62. The van der Waals surface area contributed by atoms with Crippen LogP contribution in [0.5, 0.6) is 0 Å². The van der Waals surface area contributed by atoms with E-state index in [9.17, 15) is 9.59 Å². The second-order valence-electron chi connectivity index (χ2n) is 1.05. The third kappa shape index (κ3) is 5.27. The van der Waals surface area contributed by atoms with Crippen LogP contribution >= 0.6 is 24.6 Å². The van der Waals surface area contributed by atoms with Crippen molar-refractivity contribution in [2.24, 2.45) is 0 Å². The summed E-state index contributed by atoms with van der Waals surface area (Å²) in [4.78, 5) is 20.4. The Kier molecular flexibility index (Phi) is 4.53. The summed E-state index contributed by atoms with van der Waals surface area (Å²) < 4.78 is 2.00. The maximum absolute atomic E-state index is 10.3. The number of nitrogens with zero attached hydrogens (tertiary/aromatic N) is 1. The van der Waals surface area contributed by atoms with E-state index in [4.69, 9.17) is 5.26 Å². The minimum atomic E-state index is -0.768. The number of amides is 3. The summed E-state index contributed by atoms with van der Waals surface area (Å²) in [7, 11) is 0. The molecule has 0 aromatic carbocycles. The van der Waals surface area contributed by atoms with Crippen LogP contribution in [0.25, 0.3) is 0 Å². The van der Waals surface area contributed by atoms with Gasteiger partial charge in [0.05, 0.1) is 11.9 Å². The Morgan fingerprint density at radius 3 is 2.60 bits per heavy atom. The van der Waals surface area contributed by atoms with Crippen molar-refractivity contribution in [1.82, 2.24) is 10.0 Å². The minimum absolute atomic E-state index is 0.516. The molecular weight excluding hydrogens is 174 g/mol. The summed E-state index contributed by atoms with van der Waals surface area (Å²) in [5, 5.41) is 10.5. The molecule has 3 amide bonds. The first kappa shape index (κ1) is 9.13. The van der Waals surface area contributed by atoms with Crippen LogP contribution in [0.1, 0.15) is 0 Å². The molecule has 0 saturated heterocycles. The molecule has 0 radical (unpaired) electrons. The maximum Gasteiger partial charge on any atom is 0.332 e. The standard InChI is InChI=1S/C3H3N3O2S2/c4-1-10-6-2(7)5-3(8)9/h(H3,5,6,7,8,9). The van der Waals surface area contributed by atoms with E-state index in [1.54, 1.807) is 10.7 Å². The molecule has 0 aliphatic rings. The number of nitriles is 1. The van der Waals surface area contributed by atoms with Gasteiger partial charge in [0, 0.05) is 0 Å². The van der Waals surface area contributed by atoms with E-state index in [1.165, 1.54) is 0 Å². The number of nitrogens with one attached hydrogen (secondary N) is 2. The van der Waals surface area contributed by atoms with Crippen LogP contribution in [0.4, 0.5) is 9.59 Å². The fraction of sp³-hybridized carbons (Fsp3) is 0. The molecule has 0 atom stereocenters. The smallest absolute Gasteiger partial charge is 0.269 e. The first-order valence-electron chi connectivity index (χ1n) is 2.01. The highest BCUT2D eigenvalue weighted by Crippen LogP contribution is 1.86. The highest BCUT2D eigenvalue weighted by molar-refractivity contribution is 8.02. The van der Waals surface area contributed by atoms with E-state index in [0.29, 0.717) is 11.9 Å². The molecule has 0 aromatic rings. The predicted molar refractivity (Wildman–Crippen MR) is 39.3 cm³/mol. The van der Waals surface area contributed by atoms with Gasteiger partial charge in [0.2, 0.25) is 0 Å². The minimum Gasteiger partial charge on any atom is -0.269 e. The van der Waals surface area contributed by atoms with E-state index in [2.05, 4.69) is 12.6 Å². The molecule has 10 heavy (non-hydrogen) atoms. The van der Waals surface area contributed by atoms with E-state index >= 15 is 0 Å². The Bertz CT molecular complexity index is 187. The molecule has 0 fully saturated rings. The molecule has 0 rings (SSSR count). The van der Waals surface area contributed by atoms with Crippen molar-refractivity contribution >= 4 is 35.8 Å². The number of hydrogen-bond acceptors (Lipinski definition) is 4. The third-order valence-corrected chi connectivity index (χ3v) is 0.900. The van der Waals surface area contributed by atoms with Crippen LogP contribution in [-0.2, 0) is 0 Å². The third-order valence-electron chi connectivity index (χ3n) is 0.410. The number of thiocyanates is 1. The number of thiol groups is 1. The fourth-order valence-corrected chi connectivity index (χ4v) is 0.483. The second kappa shape index (κ2) is 4.96. The highest BCUT2D eigenvalue weighted by atomic mass is 32.2. The summed E-state index contributed by atoms with van der Waals surface area (Å²) in [5.41, 5.74) is 0. The quantitative estimate of drug-likeness (QED) is 0.309. The number of urea groups is 1. The maximum atomic E-state index is 10.3. The summed E-state index contributed by atoms with van der Waals surface area (Å²) in [5.74, 6) is 0. The normalized spacial score (nSPS) is 7.60. The van der Waals surface area contributed by atoms with Gasteiger partial charge in [-0.05, 0) is 0 Å². The molecule has 54 valence electrons. The van der Waals surface area contributed by atoms with Crippen molar-refractivity contribution < 1.29 is 9.59 Å². The number of carbonyl (C=O) groups is 2. The van der Waals surface area contributed by atoms with E-state index in [-0.39, 0.29) is 0 Å². The predicted octanol–water partition coefficient (Wildman–Crippen LogP) is 0.465. The monoisotopic (exact) mass is 177 g/mol. The van der Waals surface area contributed by atoms with Gasteiger partial charge in [-0.15, -0.1) is 0 Å². The highest BCUT2D eigenvalue weighted by Gasteiger charge is 2.00. The number of carbonyl (C=O) groups excluding carboxylic acids is 2. The lowest BCUT2D eigenvalue weighted by atomic mass is 11.0. The van der Waals surface area contributed by atoms with Crippen molar-refractivity contribution in [2.75, 3.05) is 0 Å². The SMILES string of the molecule is N#CSNC(=O)NC(=O)S. The van der Waals surface area contributed by atoms with Gasteiger partial charge in [0.15, 0.2) is 5.40 Å². The Hall–Kier alpha value is -0.870. The first-order valence-corrected chi connectivity index (χ1v) is 3.28. The van der Waals surface area contributed by atoms with Crippen LogP contribution in [0.15, 0.2) is 0 Å². The zero-order chi connectivity index (χ0) is 7.98. The molecule has 2 N–H and O–H groups in total. The molecular formula is C3H3N3O2S2. The van der Waals surface area contributed by atoms with Gasteiger partial charge >= 0.3 is 6.03 Å². The van der Waals surface area contributed by atoms with Gasteiger partial charge in [-0.25, -0.2) is 4.79 Å². The van der Waals surface area contributed by atoms with E-state index < -0.39 is 11.3 Å². The Labute approximate surface area is 66.7 Å². The lowest BCUT2D eigenvalue weighted by molar-refractivity contribution is 0.241. The number of rotatable bonds is 1. The van der Waals surface area contributed by atoms with Crippen molar-refractivity contribution in [3.8, 4) is 5.40 Å². The van der Waals surface area contributed by atoms with E-state index in [1.807, 2.05) is 4.72 Å². The van der Waals surface area contributed by atoms with Crippen molar-refractivity contribution in [1.29, 1.82) is 5.26 Å². The molecule has 7 heteroatoms. The van der Waals surface area contributed by atoms with Gasteiger partial charge in [0.1, 0.15) is 0 Å².